The maximum atomic E-state index is 3.14. The van der Waals surface area contributed by atoms with Crippen molar-refractivity contribution in [2.24, 2.45) is 0 Å². The van der Waals surface area contributed by atoms with Crippen LogP contribution in [-0.4, -0.2) is 0 Å². The summed E-state index contributed by atoms with van der Waals surface area (Å²) in [6, 6.07) is 0. The van der Waals surface area contributed by atoms with Crippen LogP contribution >= 0.6 is 0 Å². The van der Waals surface area contributed by atoms with Gasteiger partial charge in [-0.1, -0.05) is 26.7 Å². The summed E-state index contributed by atoms with van der Waals surface area (Å²) in [4.78, 5) is 0. The molecule has 0 N–H and O–H groups in total. The average Bonchev–Trinajstić information content (AvgIpc) is 1.89. The molecule has 0 rings (SSSR count). The first-order valence-electron chi connectivity index (χ1n) is 3.81. The Balaban J connectivity index is 3.18. The molecule has 0 spiro atoms. The van der Waals surface area contributed by atoms with E-state index in [0.29, 0.717) is 0 Å². The van der Waals surface area contributed by atoms with Crippen LogP contribution in [0.25, 0.3) is 0 Å². The first-order valence-corrected chi connectivity index (χ1v) is 3.81. The van der Waals surface area contributed by atoms with Crippen LogP contribution in [0.4, 0.5) is 0 Å². The Kier molecular flexibility index (Phi) is 7.12. The zero-order chi connectivity index (χ0) is 6.95. The van der Waals surface area contributed by atoms with Crippen molar-refractivity contribution in [2.45, 2.75) is 39.5 Å². The Hall–Kier alpha value is -0.480. The van der Waals surface area contributed by atoms with Gasteiger partial charge in [0.05, 0.1) is 0 Å². The van der Waals surface area contributed by atoms with Crippen molar-refractivity contribution in [3.8, 4) is 0 Å². The fraction of sp³-hybridized carbons (Fsp3) is 0.667. The SMILES string of the molecule is CCCC=C=CCCC. The summed E-state index contributed by atoms with van der Waals surface area (Å²) in [5, 5.41) is 0. The first kappa shape index (κ1) is 8.52. The molecule has 0 aliphatic carbocycles. The van der Waals surface area contributed by atoms with Gasteiger partial charge in [0.1, 0.15) is 0 Å². The molecule has 0 saturated carbocycles. The lowest BCUT2D eigenvalue weighted by Crippen LogP contribution is -1.58. The molecule has 52 valence electrons. The molecular formula is C9H16. The van der Waals surface area contributed by atoms with E-state index >= 15 is 0 Å². The third-order valence-electron chi connectivity index (χ3n) is 1.10. The molecule has 0 amide bonds. The molecule has 0 aliphatic rings. The fourth-order valence-corrected chi connectivity index (χ4v) is 0.539. The number of unbranched alkanes of at least 4 members (excludes halogenated alkanes) is 2. The number of hydrogen-bond acceptors (Lipinski definition) is 0. The predicted molar refractivity (Wildman–Crippen MR) is 42.5 cm³/mol. The number of allylic oxidation sites excluding steroid dienone is 1. The van der Waals surface area contributed by atoms with Crippen LogP contribution in [0.15, 0.2) is 17.9 Å². The molecule has 0 aromatic rings. The van der Waals surface area contributed by atoms with Crippen LogP contribution < -0.4 is 0 Å². The van der Waals surface area contributed by atoms with Crippen molar-refractivity contribution < 1.29 is 0 Å². The molecule has 0 atom stereocenters. The molecule has 0 bridgehead atoms. The Morgan fingerprint density at radius 1 is 1.00 bits per heavy atom. The van der Waals surface area contributed by atoms with E-state index < -0.39 is 0 Å². The molecule has 0 nitrogen and oxygen atoms in total. The van der Waals surface area contributed by atoms with Gasteiger partial charge in [0.2, 0.25) is 0 Å². The van der Waals surface area contributed by atoms with Gasteiger partial charge in [-0.3, -0.25) is 0 Å². The lowest BCUT2D eigenvalue weighted by molar-refractivity contribution is 0.948. The molecular weight excluding hydrogens is 108 g/mol. The van der Waals surface area contributed by atoms with Gasteiger partial charge in [-0.15, -0.1) is 5.73 Å². The zero-order valence-electron chi connectivity index (χ0n) is 6.48. The summed E-state index contributed by atoms with van der Waals surface area (Å²) in [5.41, 5.74) is 3.14. The second-order valence-corrected chi connectivity index (χ2v) is 2.15. The summed E-state index contributed by atoms with van der Waals surface area (Å²) in [6.45, 7) is 4.36. The Labute approximate surface area is 58.3 Å². The highest BCUT2D eigenvalue weighted by atomic mass is 13.7. The topological polar surface area (TPSA) is 0 Å². The van der Waals surface area contributed by atoms with Crippen molar-refractivity contribution in [1.29, 1.82) is 0 Å². The van der Waals surface area contributed by atoms with Gasteiger partial charge >= 0.3 is 0 Å². The molecule has 0 saturated heterocycles. The third-order valence-corrected chi connectivity index (χ3v) is 1.10. The molecule has 0 fully saturated rings. The van der Waals surface area contributed by atoms with Crippen LogP contribution in [0.5, 0.6) is 0 Å². The van der Waals surface area contributed by atoms with E-state index in [1.54, 1.807) is 0 Å². The van der Waals surface area contributed by atoms with Gasteiger partial charge < -0.3 is 0 Å². The largest absolute Gasteiger partial charge is 0.130 e. The monoisotopic (exact) mass is 124 g/mol. The molecule has 0 radical (unpaired) electrons. The van der Waals surface area contributed by atoms with Crippen LogP contribution in [0.1, 0.15) is 39.5 Å². The van der Waals surface area contributed by atoms with Gasteiger partial charge in [0, 0.05) is 0 Å². The average molecular weight is 124 g/mol. The summed E-state index contributed by atoms with van der Waals surface area (Å²) < 4.78 is 0. The predicted octanol–water partition coefficient (Wildman–Crippen LogP) is 3.30. The van der Waals surface area contributed by atoms with E-state index in [1.165, 1.54) is 25.7 Å². The Bertz CT molecular complexity index is 84.6. The molecule has 0 heterocycles. The third kappa shape index (κ3) is 7.52. The second kappa shape index (κ2) is 7.52. The molecule has 0 unspecified atom stereocenters. The smallest absolute Gasteiger partial charge is 0.0277 e. The summed E-state index contributed by atoms with van der Waals surface area (Å²) in [5.74, 6) is 0. The molecule has 9 heavy (non-hydrogen) atoms. The van der Waals surface area contributed by atoms with Crippen molar-refractivity contribution in [3.63, 3.8) is 0 Å². The summed E-state index contributed by atoms with van der Waals surface area (Å²) >= 11 is 0. The van der Waals surface area contributed by atoms with E-state index in [9.17, 15) is 0 Å². The van der Waals surface area contributed by atoms with Crippen LogP contribution in [0, 0.1) is 0 Å². The van der Waals surface area contributed by atoms with E-state index in [0.717, 1.165) is 0 Å². The van der Waals surface area contributed by atoms with Gasteiger partial charge in [-0.2, -0.15) is 0 Å². The lowest BCUT2D eigenvalue weighted by atomic mass is 10.3. The van der Waals surface area contributed by atoms with Gasteiger partial charge in [-0.05, 0) is 25.0 Å². The van der Waals surface area contributed by atoms with Gasteiger partial charge in [0.25, 0.3) is 0 Å². The normalized spacial score (nSPS) is 8.22. The minimum atomic E-state index is 1.17. The van der Waals surface area contributed by atoms with Crippen molar-refractivity contribution in [1.82, 2.24) is 0 Å². The Morgan fingerprint density at radius 3 is 1.78 bits per heavy atom. The highest BCUT2D eigenvalue weighted by molar-refractivity contribution is 4.83. The van der Waals surface area contributed by atoms with Crippen LogP contribution in [0.2, 0.25) is 0 Å². The second-order valence-electron chi connectivity index (χ2n) is 2.15. The van der Waals surface area contributed by atoms with E-state index in [-0.39, 0.29) is 0 Å². The van der Waals surface area contributed by atoms with E-state index in [2.05, 4.69) is 31.7 Å². The highest BCUT2D eigenvalue weighted by Crippen LogP contribution is 1.89. The minimum Gasteiger partial charge on any atom is -0.130 e. The standard InChI is InChI=1S/C9H16/c1-3-5-7-9-8-6-4-2/h7-8H,3-6H2,1-2H3. The molecule has 0 aromatic heterocycles. The number of hydrogen-bond donors (Lipinski definition) is 0. The Morgan fingerprint density at radius 2 is 1.44 bits per heavy atom. The van der Waals surface area contributed by atoms with Crippen molar-refractivity contribution >= 4 is 0 Å². The zero-order valence-corrected chi connectivity index (χ0v) is 6.48. The molecule has 0 aliphatic heterocycles. The van der Waals surface area contributed by atoms with Crippen LogP contribution in [-0.2, 0) is 0 Å². The molecule has 0 heteroatoms. The molecule has 0 aromatic carbocycles. The highest BCUT2D eigenvalue weighted by Gasteiger charge is 1.69. The van der Waals surface area contributed by atoms with Crippen LogP contribution in [0.3, 0.4) is 0 Å². The quantitative estimate of drug-likeness (QED) is 0.504. The van der Waals surface area contributed by atoms with Crippen molar-refractivity contribution in [2.75, 3.05) is 0 Å². The lowest BCUT2D eigenvalue weighted by Gasteiger charge is -1.78. The first-order chi connectivity index (χ1) is 4.41. The van der Waals surface area contributed by atoms with Gasteiger partial charge in [-0.25, -0.2) is 0 Å². The summed E-state index contributed by atoms with van der Waals surface area (Å²) in [6.07, 6.45) is 9.01. The maximum absolute atomic E-state index is 3.14. The number of rotatable bonds is 4. The fourth-order valence-electron chi connectivity index (χ4n) is 0.539. The summed E-state index contributed by atoms with van der Waals surface area (Å²) in [7, 11) is 0. The van der Waals surface area contributed by atoms with Crippen molar-refractivity contribution in [3.05, 3.63) is 17.9 Å². The van der Waals surface area contributed by atoms with E-state index in [1.807, 2.05) is 0 Å². The van der Waals surface area contributed by atoms with E-state index in [4.69, 9.17) is 0 Å². The minimum absolute atomic E-state index is 1.17. The maximum Gasteiger partial charge on any atom is -0.0277 e. The van der Waals surface area contributed by atoms with Gasteiger partial charge in [0.15, 0.2) is 0 Å².